The van der Waals surface area contributed by atoms with Crippen molar-refractivity contribution < 1.29 is 19.1 Å². The van der Waals surface area contributed by atoms with Gasteiger partial charge in [-0.3, -0.25) is 14.5 Å². The molecular formula is C13H16N2O4. The minimum absolute atomic E-state index is 0.122. The van der Waals surface area contributed by atoms with E-state index < -0.39 is 12.1 Å². The maximum atomic E-state index is 12.1. The van der Waals surface area contributed by atoms with Gasteiger partial charge in [0.05, 0.1) is 12.8 Å². The third kappa shape index (κ3) is 2.47. The number of hydrogen-bond acceptors (Lipinski definition) is 5. The molecule has 0 saturated carbocycles. The molecule has 0 spiro atoms. The minimum atomic E-state index is -0.613. The highest BCUT2D eigenvalue weighted by Gasteiger charge is 2.33. The van der Waals surface area contributed by atoms with Crippen molar-refractivity contribution in [3.8, 4) is 5.75 Å². The summed E-state index contributed by atoms with van der Waals surface area (Å²) in [4.78, 5) is 24.9. The molecule has 0 fully saturated rings. The molecule has 1 aliphatic heterocycles. The van der Waals surface area contributed by atoms with Crippen LogP contribution < -0.4 is 15.0 Å². The maximum Gasteiger partial charge on any atom is 0.325 e. The molecule has 0 aliphatic carbocycles. The van der Waals surface area contributed by atoms with Crippen molar-refractivity contribution >= 4 is 23.3 Å². The normalized spacial score (nSPS) is 17.5. The summed E-state index contributed by atoms with van der Waals surface area (Å²) in [6, 6.07) is 5.38. The van der Waals surface area contributed by atoms with Crippen molar-refractivity contribution in [2.24, 2.45) is 0 Å². The first-order chi connectivity index (χ1) is 9.06. The minimum Gasteiger partial charge on any atom is -0.479 e. The summed E-state index contributed by atoms with van der Waals surface area (Å²) in [6.45, 7) is 1.53. The van der Waals surface area contributed by atoms with Gasteiger partial charge < -0.3 is 14.8 Å². The van der Waals surface area contributed by atoms with Gasteiger partial charge in [0.25, 0.3) is 5.91 Å². The molecule has 1 atom stereocenters. The molecule has 1 amide bonds. The molecule has 0 bridgehead atoms. The lowest BCUT2D eigenvalue weighted by Crippen LogP contribution is -2.46. The van der Waals surface area contributed by atoms with Crippen molar-refractivity contribution in [3.63, 3.8) is 0 Å². The zero-order chi connectivity index (χ0) is 14.0. The first kappa shape index (κ1) is 13.2. The lowest BCUT2D eigenvalue weighted by molar-refractivity contribution is -0.140. The van der Waals surface area contributed by atoms with Crippen LogP contribution in [0, 0.1) is 0 Å². The molecule has 0 aromatic heterocycles. The van der Waals surface area contributed by atoms with Crippen LogP contribution in [0.25, 0.3) is 0 Å². The van der Waals surface area contributed by atoms with Gasteiger partial charge >= 0.3 is 5.97 Å². The molecule has 2 rings (SSSR count). The van der Waals surface area contributed by atoms with Gasteiger partial charge in [-0.15, -0.1) is 0 Å². The van der Waals surface area contributed by atoms with E-state index in [-0.39, 0.29) is 12.5 Å². The summed E-state index contributed by atoms with van der Waals surface area (Å²) in [5.74, 6) is -0.149. The number of methoxy groups -OCH3 is 1. The Morgan fingerprint density at radius 1 is 1.53 bits per heavy atom. The van der Waals surface area contributed by atoms with Gasteiger partial charge in [-0.2, -0.15) is 0 Å². The Balaban J connectivity index is 2.41. The second-order valence-corrected chi connectivity index (χ2v) is 4.19. The second kappa shape index (κ2) is 5.17. The molecule has 1 aromatic carbocycles. The van der Waals surface area contributed by atoms with Crippen molar-refractivity contribution in [2.75, 3.05) is 30.9 Å². The van der Waals surface area contributed by atoms with Gasteiger partial charge in [0.1, 0.15) is 12.3 Å². The number of fused-ring (bicyclic) bond motifs is 1. The predicted molar refractivity (Wildman–Crippen MR) is 70.4 cm³/mol. The van der Waals surface area contributed by atoms with E-state index in [0.29, 0.717) is 11.4 Å². The zero-order valence-corrected chi connectivity index (χ0v) is 11.1. The average Bonchev–Trinajstić information content (AvgIpc) is 2.43. The molecule has 6 heteroatoms. The molecule has 102 valence electrons. The first-order valence-electron chi connectivity index (χ1n) is 5.93. The largest absolute Gasteiger partial charge is 0.479 e. The number of benzene rings is 1. The van der Waals surface area contributed by atoms with Crippen LogP contribution in [-0.2, 0) is 14.3 Å². The van der Waals surface area contributed by atoms with Crippen LogP contribution >= 0.6 is 0 Å². The number of nitrogens with zero attached hydrogens (tertiary/aromatic N) is 1. The van der Waals surface area contributed by atoms with Crippen LogP contribution in [0.1, 0.15) is 6.92 Å². The van der Waals surface area contributed by atoms with Crippen molar-refractivity contribution in [1.29, 1.82) is 0 Å². The third-order valence-electron chi connectivity index (χ3n) is 2.97. The number of nitrogens with one attached hydrogen (secondary N) is 1. The number of hydrogen-bond donors (Lipinski definition) is 1. The van der Waals surface area contributed by atoms with Crippen molar-refractivity contribution in [3.05, 3.63) is 18.2 Å². The fraction of sp³-hybridized carbons (Fsp3) is 0.385. The Bertz CT molecular complexity index is 515. The van der Waals surface area contributed by atoms with Crippen LogP contribution in [0.2, 0.25) is 0 Å². The van der Waals surface area contributed by atoms with Crippen molar-refractivity contribution in [2.45, 2.75) is 13.0 Å². The van der Waals surface area contributed by atoms with Crippen LogP contribution in [0.4, 0.5) is 11.4 Å². The summed E-state index contributed by atoms with van der Waals surface area (Å²) in [5, 5.41) is 2.98. The monoisotopic (exact) mass is 264 g/mol. The van der Waals surface area contributed by atoms with E-state index in [1.54, 1.807) is 26.1 Å². The number of esters is 1. The Kier molecular flexibility index (Phi) is 3.59. The molecular weight excluding hydrogens is 248 g/mol. The van der Waals surface area contributed by atoms with Gasteiger partial charge in [-0.25, -0.2) is 0 Å². The summed E-state index contributed by atoms with van der Waals surface area (Å²) in [5.41, 5.74) is 1.40. The third-order valence-corrected chi connectivity index (χ3v) is 2.97. The smallest absolute Gasteiger partial charge is 0.325 e. The highest BCUT2D eigenvalue weighted by molar-refractivity contribution is 6.03. The zero-order valence-electron chi connectivity index (χ0n) is 11.1. The number of carbonyl (C=O) groups excluding carboxylic acids is 2. The van der Waals surface area contributed by atoms with Crippen LogP contribution in [-0.4, -0.2) is 38.7 Å². The topological polar surface area (TPSA) is 67.9 Å². The second-order valence-electron chi connectivity index (χ2n) is 4.19. The number of amides is 1. The average molecular weight is 264 g/mol. The lowest BCUT2D eigenvalue weighted by atomic mass is 10.1. The predicted octanol–water partition coefficient (Wildman–Crippen LogP) is 1.02. The van der Waals surface area contributed by atoms with Gasteiger partial charge in [0.15, 0.2) is 6.10 Å². The quantitative estimate of drug-likeness (QED) is 0.825. The summed E-state index contributed by atoms with van der Waals surface area (Å²) < 4.78 is 10.1. The van der Waals surface area contributed by atoms with Gasteiger partial charge in [0.2, 0.25) is 0 Å². The number of rotatable bonds is 3. The van der Waals surface area contributed by atoms with Crippen LogP contribution in [0.5, 0.6) is 5.75 Å². The molecule has 0 saturated heterocycles. The van der Waals surface area contributed by atoms with Crippen molar-refractivity contribution in [1.82, 2.24) is 0 Å². The Morgan fingerprint density at radius 2 is 2.26 bits per heavy atom. The van der Waals surface area contributed by atoms with E-state index in [0.717, 1.165) is 5.69 Å². The summed E-state index contributed by atoms with van der Waals surface area (Å²) in [6.07, 6.45) is -0.613. The van der Waals surface area contributed by atoms with Gasteiger partial charge in [0, 0.05) is 12.7 Å². The summed E-state index contributed by atoms with van der Waals surface area (Å²) >= 11 is 0. The number of carbonyl (C=O) groups is 2. The molecule has 6 nitrogen and oxygen atoms in total. The highest BCUT2D eigenvalue weighted by atomic mass is 16.5. The number of ether oxygens (including phenoxy) is 2. The van der Waals surface area contributed by atoms with Crippen LogP contribution in [0.3, 0.4) is 0 Å². The SMILES string of the molecule is CNc1ccc2c(c1)N(CC(=O)OC)C(=O)C(C)O2. The lowest BCUT2D eigenvalue weighted by Gasteiger charge is -2.32. The fourth-order valence-electron chi connectivity index (χ4n) is 1.92. The van der Waals surface area contributed by atoms with Crippen LogP contribution in [0.15, 0.2) is 18.2 Å². The molecule has 1 N–H and O–H groups in total. The van der Waals surface area contributed by atoms with E-state index in [4.69, 9.17) is 4.74 Å². The van der Waals surface area contributed by atoms with E-state index in [1.807, 2.05) is 6.07 Å². The van der Waals surface area contributed by atoms with E-state index in [2.05, 4.69) is 10.1 Å². The Hall–Kier alpha value is -2.24. The van der Waals surface area contributed by atoms with Gasteiger partial charge in [-0.05, 0) is 25.1 Å². The fourth-order valence-corrected chi connectivity index (χ4v) is 1.92. The molecule has 1 aromatic rings. The Labute approximate surface area is 111 Å². The molecule has 1 aliphatic rings. The molecule has 19 heavy (non-hydrogen) atoms. The maximum absolute atomic E-state index is 12.1. The summed E-state index contributed by atoms with van der Waals surface area (Å²) in [7, 11) is 3.07. The Morgan fingerprint density at radius 3 is 2.89 bits per heavy atom. The van der Waals surface area contributed by atoms with E-state index in [1.165, 1.54) is 12.0 Å². The molecule has 1 unspecified atom stereocenters. The van der Waals surface area contributed by atoms with Gasteiger partial charge in [-0.1, -0.05) is 0 Å². The first-order valence-corrected chi connectivity index (χ1v) is 5.93. The van der Waals surface area contributed by atoms with E-state index in [9.17, 15) is 9.59 Å². The highest BCUT2D eigenvalue weighted by Crippen LogP contribution is 2.36. The standard InChI is InChI=1S/C13H16N2O4/c1-8-13(17)15(7-12(16)18-3)10-6-9(14-2)4-5-11(10)19-8/h4-6,8,14H,7H2,1-3H3. The molecule has 0 radical (unpaired) electrons. The number of anilines is 2. The van der Waals surface area contributed by atoms with E-state index >= 15 is 0 Å². The molecule has 1 heterocycles.